The number of methoxy groups -OCH3 is 1. The van der Waals surface area contributed by atoms with Crippen LogP contribution in [0.4, 0.5) is 4.79 Å². The van der Waals surface area contributed by atoms with Crippen LogP contribution in [0, 0.1) is 5.92 Å². The van der Waals surface area contributed by atoms with Gasteiger partial charge < -0.3 is 24.4 Å². The highest BCUT2D eigenvalue weighted by Crippen LogP contribution is 2.43. The minimum absolute atomic E-state index is 0.0258. The first kappa shape index (κ1) is 21.2. The van der Waals surface area contributed by atoms with Crippen LogP contribution >= 0.6 is 0 Å². The number of likely N-dealkylation sites (tertiary alicyclic amines) is 1. The summed E-state index contributed by atoms with van der Waals surface area (Å²) in [5.74, 6) is -0.104. The molecule has 0 bridgehead atoms. The van der Waals surface area contributed by atoms with E-state index in [4.69, 9.17) is 14.2 Å². The average Bonchev–Trinajstić information content (AvgIpc) is 3.45. The van der Waals surface area contributed by atoms with Gasteiger partial charge in [-0.05, 0) is 18.9 Å². The summed E-state index contributed by atoms with van der Waals surface area (Å²) in [7, 11) is 1.61. The number of benzene rings is 1. The zero-order chi connectivity index (χ0) is 22.3. The van der Waals surface area contributed by atoms with E-state index in [-0.39, 0.29) is 30.3 Å². The predicted octanol–water partition coefficient (Wildman–Crippen LogP) is 1.65. The molecule has 9 heteroatoms. The van der Waals surface area contributed by atoms with E-state index in [0.717, 1.165) is 11.3 Å². The molecule has 1 aliphatic carbocycles. The molecule has 1 N–H and O–H groups in total. The lowest BCUT2D eigenvalue weighted by molar-refractivity contribution is -0.186. The minimum Gasteiger partial charge on any atom is -0.496 e. The maximum absolute atomic E-state index is 13.3. The number of para-hydroxylation sites is 1. The number of urea groups is 1. The Hall–Kier alpha value is -2.65. The Bertz CT molecular complexity index is 918. The van der Waals surface area contributed by atoms with Gasteiger partial charge >= 0.3 is 6.03 Å². The lowest BCUT2D eigenvalue weighted by atomic mass is 9.78. The maximum Gasteiger partial charge on any atom is 0.325 e. The van der Waals surface area contributed by atoms with E-state index in [0.29, 0.717) is 58.4 Å². The van der Waals surface area contributed by atoms with Gasteiger partial charge in [0, 0.05) is 50.4 Å². The van der Waals surface area contributed by atoms with Crippen molar-refractivity contribution in [2.75, 3.05) is 33.4 Å². The molecule has 32 heavy (non-hydrogen) atoms. The first-order valence-electron chi connectivity index (χ1n) is 11.3. The molecule has 3 saturated heterocycles. The van der Waals surface area contributed by atoms with Gasteiger partial charge in [0.15, 0.2) is 5.79 Å². The normalized spacial score (nSPS) is 26.4. The van der Waals surface area contributed by atoms with Gasteiger partial charge in [0.25, 0.3) is 5.91 Å². The largest absolute Gasteiger partial charge is 0.496 e. The third-order valence-electron chi connectivity index (χ3n) is 7.21. The molecule has 4 aliphatic rings. The molecule has 1 atom stereocenters. The Morgan fingerprint density at radius 2 is 1.81 bits per heavy atom. The molecular formula is C23H29N3O6. The van der Waals surface area contributed by atoms with Crippen LogP contribution in [-0.2, 0) is 25.6 Å². The summed E-state index contributed by atoms with van der Waals surface area (Å²) in [6.45, 7) is 2.34. The van der Waals surface area contributed by atoms with Crippen LogP contribution in [0.1, 0.15) is 37.7 Å². The number of hydrogen-bond donors (Lipinski definition) is 1. The number of rotatable bonds is 5. The summed E-state index contributed by atoms with van der Waals surface area (Å²) >= 11 is 0. The van der Waals surface area contributed by atoms with Gasteiger partial charge in [0.1, 0.15) is 11.3 Å². The standard InChI is InChI=1S/C23H29N3O6/c1-30-18-5-3-2-4-17(18)15-25-13-16(12-19(25)27)14-26-20(28)22(24-21(26)29)6-8-23(9-7-22)31-10-11-32-23/h2-5,16H,6-15H2,1H3,(H,24,29). The fourth-order valence-corrected chi connectivity index (χ4v) is 5.45. The number of imide groups is 1. The Morgan fingerprint density at radius 1 is 1.09 bits per heavy atom. The Labute approximate surface area is 187 Å². The van der Waals surface area contributed by atoms with Crippen molar-refractivity contribution in [3.8, 4) is 5.75 Å². The molecule has 9 nitrogen and oxygen atoms in total. The third kappa shape index (κ3) is 3.63. The summed E-state index contributed by atoms with van der Waals surface area (Å²) in [5, 5.41) is 2.94. The van der Waals surface area contributed by atoms with Gasteiger partial charge in [-0.3, -0.25) is 14.5 Å². The van der Waals surface area contributed by atoms with E-state index in [9.17, 15) is 14.4 Å². The number of ether oxygens (including phenoxy) is 3. The highest BCUT2D eigenvalue weighted by molar-refractivity contribution is 6.07. The van der Waals surface area contributed by atoms with Gasteiger partial charge in [-0.15, -0.1) is 0 Å². The molecule has 1 saturated carbocycles. The van der Waals surface area contributed by atoms with Crippen molar-refractivity contribution in [1.29, 1.82) is 0 Å². The second-order valence-electron chi connectivity index (χ2n) is 9.19. The third-order valence-corrected chi connectivity index (χ3v) is 7.21. The van der Waals surface area contributed by atoms with Gasteiger partial charge in [-0.25, -0.2) is 4.79 Å². The number of hydrogen-bond acceptors (Lipinski definition) is 6. The minimum atomic E-state index is -0.878. The lowest BCUT2D eigenvalue weighted by Gasteiger charge is -2.39. The van der Waals surface area contributed by atoms with E-state index in [1.807, 2.05) is 24.3 Å². The second-order valence-corrected chi connectivity index (χ2v) is 9.19. The average molecular weight is 444 g/mol. The second kappa shape index (κ2) is 8.04. The monoisotopic (exact) mass is 443 g/mol. The zero-order valence-electron chi connectivity index (χ0n) is 18.3. The number of amides is 4. The van der Waals surface area contributed by atoms with Crippen molar-refractivity contribution < 1.29 is 28.6 Å². The maximum atomic E-state index is 13.3. The fourth-order valence-electron chi connectivity index (χ4n) is 5.45. The van der Waals surface area contributed by atoms with E-state index < -0.39 is 11.3 Å². The number of nitrogens with one attached hydrogen (secondary N) is 1. The van der Waals surface area contributed by atoms with Crippen LogP contribution < -0.4 is 10.1 Å². The Balaban J connectivity index is 1.21. The quantitative estimate of drug-likeness (QED) is 0.695. The van der Waals surface area contributed by atoms with E-state index in [1.54, 1.807) is 12.0 Å². The molecule has 1 aromatic rings. The molecule has 172 valence electrons. The van der Waals surface area contributed by atoms with Crippen LogP contribution in [0.25, 0.3) is 0 Å². The van der Waals surface area contributed by atoms with E-state index >= 15 is 0 Å². The lowest BCUT2D eigenvalue weighted by Crippen LogP contribution is -2.53. The number of nitrogens with zero attached hydrogens (tertiary/aromatic N) is 2. The van der Waals surface area contributed by atoms with Gasteiger partial charge in [0.2, 0.25) is 5.91 Å². The molecule has 2 spiro atoms. The summed E-state index contributed by atoms with van der Waals surface area (Å²) in [6.07, 6.45) is 2.49. The molecule has 1 unspecified atom stereocenters. The highest BCUT2D eigenvalue weighted by atomic mass is 16.7. The molecule has 0 aromatic heterocycles. The summed E-state index contributed by atoms with van der Waals surface area (Å²) in [4.78, 5) is 41.7. The van der Waals surface area contributed by atoms with Crippen LogP contribution in [0.5, 0.6) is 5.75 Å². The number of carbonyl (C=O) groups excluding carboxylic acids is 3. The predicted molar refractivity (Wildman–Crippen MR) is 113 cm³/mol. The van der Waals surface area contributed by atoms with Crippen LogP contribution in [0.3, 0.4) is 0 Å². The molecule has 3 heterocycles. The van der Waals surface area contributed by atoms with Gasteiger partial charge in [-0.2, -0.15) is 0 Å². The van der Waals surface area contributed by atoms with Crippen LogP contribution in [-0.4, -0.2) is 72.4 Å². The van der Waals surface area contributed by atoms with Crippen molar-refractivity contribution in [1.82, 2.24) is 15.1 Å². The van der Waals surface area contributed by atoms with Crippen molar-refractivity contribution >= 4 is 17.8 Å². The SMILES string of the molecule is COc1ccccc1CN1CC(CN2C(=O)NC3(CCC4(CC3)OCCO4)C2=O)CC1=O. The first-order valence-corrected chi connectivity index (χ1v) is 11.3. The summed E-state index contributed by atoms with van der Waals surface area (Å²) in [6, 6.07) is 7.25. The molecule has 0 radical (unpaired) electrons. The Morgan fingerprint density at radius 3 is 2.53 bits per heavy atom. The van der Waals surface area contributed by atoms with Crippen molar-refractivity contribution in [2.24, 2.45) is 5.92 Å². The van der Waals surface area contributed by atoms with Crippen molar-refractivity contribution in [2.45, 2.75) is 50.0 Å². The van der Waals surface area contributed by atoms with E-state index in [1.165, 1.54) is 4.90 Å². The molecule has 5 rings (SSSR count). The molecular weight excluding hydrogens is 414 g/mol. The van der Waals surface area contributed by atoms with Gasteiger partial charge in [-0.1, -0.05) is 18.2 Å². The Kier molecular flexibility index (Phi) is 5.33. The summed E-state index contributed by atoms with van der Waals surface area (Å²) in [5.41, 5.74) is 0.0580. The van der Waals surface area contributed by atoms with Crippen LogP contribution in [0.15, 0.2) is 24.3 Å². The van der Waals surface area contributed by atoms with Crippen LogP contribution in [0.2, 0.25) is 0 Å². The summed E-state index contributed by atoms with van der Waals surface area (Å²) < 4.78 is 16.9. The first-order chi connectivity index (χ1) is 15.4. The van der Waals surface area contributed by atoms with Crippen molar-refractivity contribution in [3.05, 3.63) is 29.8 Å². The van der Waals surface area contributed by atoms with E-state index in [2.05, 4.69) is 5.32 Å². The zero-order valence-corrected chi connectivity index (χ0v) is 18.3. The smallest absolute Gasteiger partial charge is 0.325 e. The highest BCUT2D eigenvalue weighted by Gasteiger charge is 2.56. The molecule has 4 fully saturated rings. The van der Waals surface area contributed by atoms with Crippen molar-refractivity contribution in [3.63, 3.8) is 0 Å². The molecule has 4 amide bonds. The molecule has 3 aliphatic heterocycles. The topological polar surface area (TPSA) is 97.4 Å². The fraction of sp³-hybridized carbons (Fsp3) is 0.609. The molecule has 1 aromatic carbocycles. The van der Waals surface area contributed by atoms with Gasteiger partial charge in [0.05, 0.1) is 20.3 Å². The number of carbonyl (C=O) groups is 3.